The SMILES string of the molecule is C=C(C)c1cc(Cl)cc2cnc(Nc3ccc4c(c3)C(C)(C)OC4=O)nc12. The van der Waals surface area contributed by atoms with E-state index in [-0.39, 0.29) is 5.97 Å². The highest BCUT2D eigenvalue weighted by Gasteiger charge is 2.37. The molecule has 0 spiro atoms. The third-order valence-corrected chi connectivity index (χ3v) is 4.82. The summed E-state index contributed by atoms with van der Waals surface area (Å²) in [5.41, 5.74) is 4.10. The fourth-order valence-electron chi connectivity index (χ4n) is 3.26. The molecule has 136 valence electrons. The van der Waals surface area contributed by atoms with Gasteiger partial charge in [0, 0.05) is 33.4 Å². The highest BCUT2D eigenvalue weighted by atomic mass is 35.5. The average Bonchev–Trinajstić information content (AvgIpc) is 2.83. The zero-order valence-electron chi connectivity index (χ0n) is 15.3. The first-order chi connectivity index (χ1) is 12.7. The van der Waals surface area contributed by atoms with Gasteiger partial charge in [0.15, 0.2) is 0 Å². The highest BCUT2D eigenvalue weighted by molar-refractivity contribution is 6.31. The van der Waals surface area contributed by atoms with Crippen molar-refractivity contribution in [1.82, 2.24) is 9.97 Å². The summed E-state index contributed by atoms with van der Waals surface area (Å²) in [5.74, 6) is 0.154. The summed E-state index contributed by atoms with van der Waals surface area (Å²) >= 11 is 6.18. The smallest absolute Gasteiger partial charge is 0.339 e. The summed E-state index contributed by atoms with van der Waals surface area (Å²) in [6.45, 7) is 9.67. The van der Waals surface area contributed by atoms with Crippen molar-refractivity contribution in [3.05, 3.63) is 64.8 Å². The number of carbonyl (C=O) groups excluding carboxylic acids is 1. The van der Waals surface area contributed by atoms with Crippen LogP contribution in [0.5, 0.6) is 0 Å². The van der Waals surface area contributed by atoms with Gasteiger partial charge in [-0.3, -0.25) is 0 Å². The second-order valence-electron chi connectivity index (χ2n) is 7.15. The first kappa shape index (κ1) is 17.5. The van der Waals surface area contributed by atoms with Gasteiger partial charge in [-0.1, -0.05) is 18.2 Å². The van der Waals surface area contributed by atoms with Gasteiger partial charge in [-0.05, 0) is 56.7 Å². The Labute approximate surface area is 162 Å². The van der Waals surface area contributed by atoms with Crippen molar-refractivity contribution in [2.45, 2.75) is 26.4 Å². The molecule has 2 heterocycles. The molecule has 0 saturated heterocycles. The first-order valence-electron chi connectivity index (χ1n) is 8.52. The molecule has 1 N–H and O–H groups in total. The van der Waals surface area contributed by atoms with E-state index in [1.54, 1.807) is 12.3 Å². The third kappa shape index (κ3) is 3.04. The van der Waals surface area contributed by atoms with E-state index >= 15 is 0 Å². The number of anilines is 2. The summed E-state index contributed by atoms with van der Waals surface area (Å²) in [7, 11) is 0. The largest absolute Gasteiger partial charge is 0.451 e. The number of ether oxygens (including phenoxy) is 1. The third-order valence-electron chi connectivity index (χ3n) is 4.60. The van der Waals surface area contributed by atoms with Gasteiger partial charge in [0.1, 0.15) is 5.60 Å². The molecule has 5 nitrogen and oxygen atoms in total. The van der Waals surface area contributed by atoms with Gasteiger partial charge in [-0.15, -0.1) is 0 Å². The van der Waals surface area contributed by atoms with E-state index in [0.29, 0.717) is 16.5 Å². The topological polar surface area (TPSA) is 64.1 Å². The number of rotatable bonds is 3. The van der Waals surface area contributed by atoms with Crippen molar-refractivity contribution in [1.29, 1.82) is 0 Å². The monoisotopic (exact) mass is 379 g/mol. The predicted molar refractivity (Wildman–Crippen MR) is 107 cm³/mol. The minimum absolute atomic E-state index is 0.300. The predicted octanol–water partition coefficient (Wildman–Crippen LogP) is 5.47. The maximum atomic E-state index is 11.9. The molecule has 6 heteroatoms. The van der Waals surface area contributed by atoms with E-state index in [4.69, 9.17) is 16.3 Å². The van der Waals surface area contributed by atoms with Gasteiger partial charge >= 0.3 is 5.97 Å². The molecule has 0 aliphatic carbocycles. The second kappa shape index (κ2) is 6.06. The molecule has 1 aromatic heterocycles. The van der Waals surface area contributed by atoms with Gasteiger partial charge in [-0.25, -0.2) is 14.8 Å². The van der Waals surface area contributed by atoms with Gasteiger partial charge in [0.25, 0.3) is 0 Å². The summed E-state index contributed by atoms with van der Waals surface area (Å²) < 4.78 is 5.42. The number of carbonyl (C=O) groups is 1. The molecule has 1 aliphatic heterocycles. The minimum atomic E-state index is -0.655. The van der Waals surface area contributed by atoms with Crippen LogP contribution in [0.4, 0.5) is 11.6 Å². The minimum Gasteiger partial charge on any atom is -0.451 e. The summed E-state index contributed by atoms with van der Waals surface area (Å²) in [5, 5.41) is 4.68. The number of aromatic nitrogens is 2. The lowest BCUT2D eigenvalue weighted by Gasteiger charge is -2.18. The van der Waals surface area contributed by atoms with Crippen molar-refractivity contribution >= 4 is 45.7 Å². The molecule has 27 heavy (non-hydrogen) atoms. The lowest BCUT2D eigenvalue weighted by Crippen LogP contribution is -2.16. The number of allylic oxidation sites excluding steroid dienone is 1. The molecule has 0 atom stereocenters. The Kier molecular flexibility index (Phi) is 3.93. The summed E-state index contributed by atoms with van der Waals surface area (Å²) in [6, 6.07) is 9.15. The molecule has 0 bridgehead atoms. The van der Waals surface area contributed by atoms with Crippen LogP contribution in [0.25, 0.3) is 16.5 Å². The van der Waals surface area contributed by atoms with Crippen molar-refractivity contribution < 1.29 is 9.53 Å². The molecule has 0 amide bonds. The maximum Gasteiger partial charge on any atom is 0.339 e. The second-order valence-corrected chi connectivity index (χ2v) is 7.59. The molecule has 0 radical (unpaired) electrons. The van der Waals surface area contributed by atoms with Crippen molar-refractivity contribution in [3.63, 3.8) is 0 Å². The molecular formula is C21H18ClN3O2. The van der Waals surface area contributed by atoms with Crippen LogP contribution in [0.1, 0.15) is 42.3 Å². The first-order valence-corrected chi connectivity index (χ1v) is 8.89. The summed E-state index contributed by atoms with van der Waals surface area (Å²) in [4.78, 5) is 21.0. The number of nitrogens with one attached hydrogen (secondary N) is 1. The Bertz CT molecular complexity index is 1120. The molecule has 0 saturated carbocycles. The van der Waals surface area contributed by atoms with Crippen molar-refractivity contribution in [2.75, 3.05) is 5.32 Å². The van der Waals surface area contributed by atoms with Crippen LogP contribution >= 0.6 is 11.6 Å². The van der Waals surface area contributed by atoms with Crippen LogP contribution in [0.2, 0.25) is 5.02 Å². The number of benzene rings is 2. The molecular weight excluding hydrogens is 362 g/mol. The van der Waals surface area contributed by atoms with E-state index in [9.17, 15) is 4.79 Å². The lowest BCUT2D eigenvalue weighted by molar-refractivity contribution is 0.00955. The van der Waals surface area contributed by atoms with Crippen LogP contribution in [-0.4, -0.2) is 15.9 Å². The van der Waals surface area contributed by atoms with E-state index in [1.807, 2.05) is 45.0 Å². The zero-order valence-corrected chi connectivity index (χ0v) is 16.0. The van der Waals surface area contributed by atoms with Crippen LogP contribution in [0, 0.1) is 0 Å². The van der Waals surface area contributed by atoms with E-state index in [0.717, 1.165) is 33.3 Å². The maximum absolute atomic E-state index is 11.9. The van der Waals surface area contributed by atoms with Crippen LogP contribution in [0.3, 0.4) is 0 Å². The van der Waals surface area contributed by atoms with Crippen LogP contribution in [0.15, 0.2) is 43.1 Å². The molecule has 0 fully saturated rings. The quantitative estimate of drug-likeness (QED) is 0.611. The van der Waals surface area contributed by atoms with Crippen LogP contribution in [-0.2, 0) is 10.3 Å². The lowest BCUT2D eigenvalue weighted by atomic mass is 9.95. The number of cyclic esters (lactones) is 1. The number of esters is 1. The Morgan fingerprint density at radius 2 is 2.04 bits per heavy atom. The molecule has 2 aromatic carbocycles. The zero-order chi connectivity index (χ0) is 19.3. The van der Waals surface area contributed by atoms with Gasteiger partial charge in [0.2, 0.25) is 5.95 Å². The van der Waals surface area contributed by atoms with Gasteiger partial charge < -0.3 is 10.1 Å². The summed E-state index contributed by atoms with van der Waals surface area (Å²) in [6.07, 6.45) is 1.73. The number of hydrogen-bond donors (Lipinski definition) is 1. The fraction of sp³-hybridized carbons (Fsp3) is 0.190. The highest BCUT2D eigenvalue weighted by Crippen LogP contribution is 2.37. The van der Waals surface area contributed by atoms with Gasteiger partial charge in [0.05, 0.1) is 11.1 Å². The standard InChI is InChI=1S/C21H18ClN3O2/c1-11(2)16-8-13(22)7-12-10-23-20(25-18(12)16)24-14-5-6-15-17(9-14)21(3,4)27-19(15)26/h5-10H,1H2,2-4H3,(H,23,24,25). The molecule has 1 aliphatic rings. The number of halogens is 1. The molecule has 0 unspecified atom stereocenters. The normalized spacial score (nSPS) is 14.7. The van der Waals surface area contributed by atoms with E-state index in [1.165, 1.54) is 0 Å². The number of fused-ring (bicyclic) bond motifs is 2. The molecule has 3 aromatic rings. The Morgan fingerprint density at radius 1 is 1.26 bits per heavy atom. The average molecular weight is 380 g/mol. The Hall–Kier alpha value is -2.92. The van der Waals surface area contributed by atoms with Crippen molar-refractivity contribution in [2.24, 2.45) is 0 Å². The number of nitrogens with zero attached hydrogens (tertiary/aromatic N) is 2. The fourth-order valence-corrected chi connectivity index (χ4v) is 3.49. The molecule has 4 rings (SSSR count). The number of hydrogen-bond acceptors (Lipinski definition) is 5. The van der Waals surface area contributed by atoms with E-state index in [2.05, 4.69) is 21.9 Å². The van der Waals surface area contributed by atoms with Crippen molar-refractivity contribution in [3.8, 4) is 0 Å². The Morgan fingerprint density at radius 3 is 2.78 bits per heavy atom. The van der Waals surface area contributed by atoms with Crippen LogP contribution < -0.4 is 5.32 Å². The Balaban J connectivity index is 1.75. The van der Waals surface area contributed by atoms with E-state index < -0.39 is 5.60 Å². The van der Waals surface area contributed by atoms with Gasteiger partial charge in [-0.2, -0.15) is 0 Å².